The fraction of sp³-hybridized carbons (Fsp3) is 0.500. The van der Waals surface area contributed by atoms with Crippen LogP contribution in [0.1, 0.15) is 32.0 Å². The summed E-state index contributed by atoms with van der Waals surface area (Å²) in [6.07, 6.45) is 4.96. The largest absolute Gasteiger partial charge is 0.381 e. The Labute approximate surface area is 149 Å². The molecule has 0 spiro atoms. The molecule has 136 valence electrons. The molecule has 0 aliphatic heterocycles. The molecule has 0 atom stereocenters. The molecule has 0 bridgehead atoms. The minimum absolute atomic E-state index is 0.543. The van der Waals surface area contributed by atoms with Crippen LogP contribution in [0, 0.1) is 0 Å². The van der Waals surface area contributed by atoms with Gasteiger partial charge in [-0.25, -0.2) is 0 Å². The van der Waals surface area contributed by atoms with Gasteiger partial charge in [0.05, 0.1) is 6.54 Å². The van der Waals surface area contributed by atoms with E-state index >= 15 is 0 Å². The van der Waals surface area contributed by atoms with Gasteiger partial charge < -0.3 is 15.4 Å². The molecule has 0 saturated carbocycles. The van der Waals surface area contributed by atoms with Crippen molar-refractivity contribution in [3.05, 3.63) is 42.5 Å². The SMILES string of the molecule is CCCCOCCCNC(=NC)NCc1nncn1-c1ccccc1. The molecule has 0 radical (unpaired) electrons. The first-order chi connectivity index (χ1) is 12.3. The van der Waals surface area contributed by atoms with Crippen molar-refractivity contribution < 1.29 is 4.74 Å². The normalized spacial score (nSPS) is 11.5. The Bertz CT molecular complexity index is 626. The Hall–Kier alpha value is -2.41. The summed E-state index contributed by atoms with van der Waals surface area (Å²) in [5.41, 5.74) is 1.04. The van der Waals surface area contributed by atoms with Crippen LogP contribution < -0.4 is 10.6 Å². The summed E-state index contributed by atoms with van der Waals surface area (Å²) in [5.74, 6) is 1.58. The molecule has 2 rings (SSSR count). The lowest BCUT2D eigenvalue weighted by Crippen LogP contribution is -2.38. The predicted octanol–water partition coefficient (Wildman–Crippen LogP) is 2.14. The third kappa shape index (κ3) is 6.54. The van der Waals surface area contributed by atoms with E-state index in [1.54, 1.807) is 13.4 Å². The number of ether oxygens (including phenoxy) is 1. The molecule has 1 aromatic heterocycles. The average molecular weight is 344 g/mol. The molecule has 1 heterocycles. The van der Waals surface area contributed by atoms with Crippen molar-refractivity contribution in [3.8, 4) is 5.69 Å². The second kappa shape index (κ2) is 11.2. The van der Waals surface area contributed by atoms with Gasteiger partial charge in [-0.15, -0.1) is 10.2 Å². The maximum atomic E-state index is 5.55. The van der Waals surface area contributed by atoms with Crippen LogP contribution in [-0.4, -0.2) is 47.5 Å². The van der Waals surface area contributed by atoms with Crippen molar-refractivity contribution in [3.63, 3.8) is 0 Å². The molecule has 0 amide bonds. The van der Waals surface area contributed by atoms with Crippen LogP contribution in [0.3, 0.4) is 0 Å². The first-order valence-corrected chi connectivity index (χ1v) is 8.81. The molecule has 7 nitrogen and oxygen atoms in total. The Morgan fingerprint density at radius 3 is 2.72 bits per heavy atom. The summed E-state index contributed by atoms with van der Waals surface area (Å²) in [5, 5.41) is 14.7. The van der Waals surface area contributed by atoms with E-state index in [0.717, 1.165) is 50.1 Å². The fourth-order valence-corrected chi connectivity index (χ4v) is 2.30. The van der Waals surface area contributed by atoms with Crippen molar-refractivity contribution in [2.75, 3.05) is 26.8 Å². The lowest BCUT2D eigenvalue weighted by molar-refractivity contribution is 0.129. The maximum absolute atomic E-state index is 5.55. The first-order valence-electron chi connectivity index (χ1n) is 8.81. The van der Waals surface area contributed by atoms with Crippen LogP contribution in [0.2, 0.25) is 0 Å². The average Bonchev–Trinajstić information content (AvgIpc) is 3.13. The molecule has 1 aromatic carbocycles. The van der Waals surface area contributed by atoms with E-state index in [1.807, 2.05) is 34.9 Å². The number of nitrogens with zero attached hydrogens (tertiary/aromatic N) is 4. The van der Waals surface area contributed by atoms with E-state index in [1.165, 1.54) is 6.42 Å². The van der Waals surface area contributed by atoms with Gasteiger partial charge in [-0.3, -0.25) is 9.56 Å². The zero-order valence-corrected chi connectivity index (χ0v) is 15.1. The van der Waals surface area contributed by atoms with Gasteiger partial charge in [0.15, 0.2) is 11.8 Å². The molecule has 0 fully saturated rings. The molecule has 25 heavy (non-hydrogen) atoms. The molecular formula is C18H28N6O. The lowest BCUT2D eigenvalue weighted by Gasteiger charge is -2.12. The topological polar surface area (TPSA) is 76.4 Å². The van der Waals surface area contributed by atoms with Crippen LogP contribution in [0.15, 0.2) is 41.7 Å². The van der Waals surface area contributed by atoms with Crippen LogP contribution >= 0.6 is 0 Å². The van der Waals surface area contributed by atoms with E-state index in [-0.39, 0.29) is 0 Å². The Balaban J connectivity index is 1.74. The highest BCUT2D eigenvalue weighted by Gasteiger charge is 2.07. The van der Waals surface area contributed by atoms with Gasteiger partial charge in [-0.2, -0.15) is 0 Å². The number of benzene rings is 1. The number of hydrogen-bond acceptors (Lipinski definition) is 4. The summed E-state index contributed by atoms with van der Waals surface area (Å²) in [7, 11) is 1.76. The Kier molecular flexibility index (Phi) is 8.48. The van der Waals surface area contributed by atoms with Crippen molar-refractivity contribution >= 4 is 5.96 Å². The van der Waals surface area contributed by atoms with Gasteiger partial charge in [-0.05, 0) is 25.0 Å². The third-order valence-electron chi connectivity index (χ3n) is 3.69. The van der Waals surface area contributed by atoms with E-state index in [9.17, 15) is 0 Å². The van der Waals surface area contributed by atoms with Crippen molar-refractivity contribution in [1.29, 1.82) is 0 Å². The lowest BCUT2D eigenvalue weighted by atomic mass is 10.3. The summed E-state index contributed by atoms with van der Waals surface area (Å²) < 4.78 is 7.51. The van der Waals surface area contributed by atoms with Crippen molar-refractivity contribution in [1.82, 2.24) is 25.4 Å². The van der Waals surface area contributed by atoms with Crippen molar-refractivity contribution in [2.45, 2.75) is 32.7 Å². The number of guanidine groups is 1. The molecule has 0 saturated heterocycles. The number of aliphatic imine (C=N–C) groups is 1. The van der Waals surface area contributed by atoms with E-state index in [0.29, 0.717) is 6.54 Å². The number of nitrogens with one attached hydrogen (secondary N) is 2. The van der Waals surface area contributed by atoms with Gasteiger partial charge in [0.2, 0.25) is 0 Å². The van der Waals surface area contributed by atoms with Gasteiger partial charge in [0, 0.05) is 32.5 Å². The van der Waals surface area contributed by atoms with E-state index < -0.39 is 0 Å². The second-order valence-corrected chi connectivity index (χ2v) is 5.62. The highest BCUT2D eigenvalue weighted by molar-refractivity contribution is 5.79. The maximum Gasteiger partial charge on any atom is 0.191 e. The second-order valence-electron chi connectivity index (χ2n) is 5.62. The standard InChI is InChI=1S/C18H28N6O/c1-3-4-12-25-13-8-11-20-18(19-2)21-14-17-23-22-15-24(17)16-9-6-5-7-10-16/h5-7,9-10,15H,3-4,8,11-14H2,1-2H3,(H2,19,20,21). The number of aromatic nitrogens is 3. The number of para-hydroxylation sites is 1. The number of unbranched alkanes of at least 4 members (excludes halogenated alkanes) is 1. The van der Waals surface area contributed by atoms with Gasteiger partial charge in [0.1, 0.15) is 6.33 Å². The molecule has 2 N–H and O–H groups in total. The van der Waals surface area contributed by atoms with Crippen molar-refractivity contribution in [2.24, 2.45) is 4.99 Å². The van der Waals surface area contributed by atoms with Gasteiger partial charge >= 0.3 is 0 Å². The van der Waals surface area contributed by atoms with Crippen LogP contribution in [0.4, 0.5) is 0 Å². The quantitative estimate of drug-likeness (QED) is 0.392. The fourth-order valence-electron chi connectivity index (χ4n) is 2.30. The van der Waals surface area contributed by atoms with Gasteiger partial charge in [0.25, 0.3) is 0 Å². The smallest absolute Gasteiger partial charge is 0.191 e. The monoisotopic (exact) mass is 344 g/mol. The highest BCUT2D eigenvalue weighted by atomic mass is 16.5. The zero-order chi connectivity index (χ0) is 17.7. The zero-order valence-electron chi connectivity index (χ0n) is 15.1. The van der Waals surface area contributed by atoms with Crippen LogP contribution in [0.25, 0.3) is 5.69 Å². The third-order valence-corrected chi connectivity index (χ3v) is 3.69. The molecule has 2 aromatic rings. The molecule has 0 unspecified atom stereocenters. The Morgan fingerprint density at radius 2 is 1.96 bits per heavy atom. The number of rotatable bonds is 10. The molecule has 0 aliphatic rings. The summed E-state index contributed by atoms with van der Waals surface area (Å²) >= 11 is 0. The highest BCUT2D eigenvalue weighted by Crippen LogP contribution is 2.08. The first kappa shape index (κ1) is 18.9. The summed E-state index contributed by atoms with van der Waals surface area (Å²) in [6.45, 7) is 5.14. The Morgan fingerprint density at radius 1 is 1.16 bits per heavy atom. The minimum atomic E-state index is 0.543. The summed E-state index contributed by atoms with van der Waals surface area (Å²) in [6, 6.07) is 10.0. The van der Waals surface area contributed by atoms with Gasteiger partial charge in [-0.1, -0.05) is 31.5 Å². The molecule has 7 heteroatoms. The summed E-state index contributed by atoms with van der Waals surface area (Å²) in [4.78, 5) is 4.23. The number of hydrogen-bond donors (Lipinski definition) is 2. The van der Waals surface area contributed by atoms with E-state index in [2.05, 4.69) is 32.7 Å². The molecule has 0 aliphatic carbocycles. The molecular weight excluding hydrogens is 316 g/mol. The minimum Gasteiger partial charge on any atom is -0.381 e. The van der Waals surface area contributed by atoms with E-state index in [4.69, 9.17) is 4.74 Å². The predicted molar refractivity (Wildman–Crippen MR) is 99.9 cm³/mol. The van der Waals surface area contributed by atoms with Crippen LogP contribution in [0.5, 0.6) is 0 Å². The van der Waals surface area contributed by atoms with Crippen LogP contribution in [-0.2, 0) is 11.3 Å².